The lowest BCUT2D eigenvalue weighted by atomic mass is 10.0. The highest BCUT2D eigenvalue weighted by Gasteiger charge is 2.17. The Morgan fingerprint density at radius 2 is 0.933 bits per heavy atom. The molecule has 0 saturated heterocycles. The minimum absolute atomic E-state index is 0.785. The van der Waals surface area contributed by atoms with Crippen LogP contribution >= 0.6 is 15.9 Å². The van der Waals surface area contributed by atoms with Gasteiger partial charge in [0.15, 0.2) is 0 Å². The van der Waals surface area contributed by atoms with Gasteiger partial charge in [0.25, 0.3) is 0 Å². The van der Waals surface area contributed by atoms with Crippen LogP contribution in [0, 0.1) is 0 Å². The molecular weight excluding hydrogens is 620 g/mol. The highest BCUT2D eigenvalue weighted by molar-refractivity contribution is 9.10. The number of H-pyrrole nitrogens is 2. The van der Waals surface area contributed by atoms with E-state index in [2.05, 4.69) is 135 Å². The van der Waals surface area contributed by atoms with Crippen LogP contribution < -0.4 is 4.74 Å². The first-order chi connectivity index (χ1) is 22.2. The summed E-state index contributed by atoms with van der Waals surface area (Å²) in [6, 6.07) is 37.4. The molecule has 5 nitrogen and oxygen atoms in total. The molecule has 2 aliphatic heterocycles. The maximum absolute atomic E-state index is 5.63. The Morgan fingerprint density at radius 3 is 1.49 bits per heavy atom. The zero-order chi connectivity index (χ0) is 30.3. The molecule has 0 spiro atoms. The van der Waals surface area contributed by atoms with Crippen molar-refractivity contribution in [2.75, 3.05) is 7.11 Å². The molecule has 0 saturated carbocycles. The van der Waals surface area contributed by atoms with Crippen molar-refractivity contribution in [2.24, 2.45) is 0 Å². The molecule has 3 aromatic heterocycles. The van der Waals surface area contributed by atoms with Gasteiger partial charge in [0.1, 0.15) is 5.75 Å². The summed E-state index contributed by atoms with van der Waals surface area (Å²) in [5.41, 5.74) is 13.5. The highest BCUT2D eigenvalue weighted by atomic mass is 79.9. The number of ether oxygens (including phenoxy) is 1. The predicted molar refractivity (Wildman–Crippen MR) is 189 cm³/mol. The molecule has 0 atom stereocenters. The number of methoxy groups -OCH3 is 1. The summed E-state index contributed by atoms with van der Waals surface area (Å²) in [5, 5.41) is 0. The molecule has 0 amide bonds. The van der Waals surface area contributed by atoms with Gasteiger partial charge in [-0.25, -0.2) is 9.97 Å². The van der Waals surface area contributed by atoms with Crippen LogP contribution in [0.15, 0.2) is 114 Å². The van der Waals surface area contributed by atoms with Crippen LogP contribution in [0.2, 0.25) is 0 Å². The number of aromatic nitrogens is 4. The Balaban J connectivity index is 1.56. The average molecular weight is 648 g/mol. The van der Waals surface area contributed by atoms with E-state index < -0.39 is 0 Å². The Kier molecular flexibility index (Phi) is 6.77. The van der Waals surface area contributed by atoms with E-state index in [-0.39, 0.29) is 0 Å². The summed E-state index contributed by atoms with van der Waals surface area (Å²) in [6.07, 6.45) is 8.35. The summed E-state index contributed by atoms with van der Waals surface area (Å²) in [4.78, 5) is 17.8. The van der Waals surface area contributed by atoms with Gasteiger partial charge in [0, 0.05) is 33.2 Å². The number of hydrogen-bond donors (Lipinski definition) is 2. The number of aromatic amines is 2. The van der Waals surface area contributed by atoms with Gasteiger partial charge < -0.3 is 14.7 Å². The SMILES string of the molecule is COc1cccc(-c2c3nc(c(-c4ccccc4)c4ccc([nH]4)c(Br)c4nc(c(-c5ccccc5)c5ccc2[nH]5)C=C4)C=C3)c1. The normalized spacial score (nSPS) is 12.0. The first-order valence-corrected chi connectivity index (χ1v) is 15.5. The van der Waals surface area contributed by atoms with Crippen molar-refractivity contribution in [1.82, 2.24) is 19.9 Å². The minimum atomic E-state index is 0.785. The molecule has 216 valence electrons. The quantitative estimate of drug-likeness (QED) is 0.200. The van der Waals surface area contributed by atoms with Crippen molar-refractivity contribution in [1.29, 1.82) is 0 Å². The molecule has 2 N–H and O–H groups in total. The van der Waals surface area contributed by atoms with E-state index >= 15 is 0 Å². The molecule has 8 rings (SSSR count). The van der Waals surface area contributed by atoms with Crippen molar-refractivity contribution in [3.63, 3.8) is 0 Å². The van der Waals surface area contributed by atoms with Gasteiger partial charge in [0.2, 0.25) is 0 Å². The highest BCUT2D eigenvalue weighted by Crippen LogP contribution is 2.37. The zero-order valence-electron chi connectivity index (χ0n) is 24.4. The average Bonchev–Trinajstić information content (AvgIpc) is 3.92. The number of nitrogens with zero attached hydrogens (tertiary/aromatic N) is 2. The van der Waals surface area contributed by atoms with E-state index in [1.807, 2.05) is 24.3 Å². The van der Waals surface area contributed by atoms with Crippen LogP contribution in [-0.2, 0) is 0 Å². The Bertz CT molecular complexity index is 2280. The summed E-state index contributed by atoms with van der Waals surface area (Å²) >= 11 is 3.86. The van der Waals surface area contributed by atoms with Gasteiger partial charge in [-0.15, -0.1) is 0 Å². The second kappa shape index (κ2) is 11.2. The van der Waals surface area contributed by atoms with Crippen LogP contribution in [0.4, 0.5) is 0 Å². The Hall–Kier alpha value is -5.46. The summed E-state index contributed by atoms with van der Waals surface area (Å²) < 4.78 is 6.52. The predicted octanol–water partition coefficient (Wildman–Crippen LogP) is 10.4. The first-order valence-electron chi connectivity index (χ1n) is 14.7. The molecule has 0 aliphatic carbocycles. The van der Waals surface area contributed by atoms with E-state index in [1.165, 1.54) is 0 Å². The van der Waals surface area contributed by atoms with E-state index in [4.69, 9.17) is 14.7 Å². The minimum Gasteiger partial charge on any atom is -0.497 e. The van der Waals surface area contributed by atoms with Crippen molar-refractivity contribution in [3.8, 4) is 39.1 Å². The molecule has 0 unspecified atom stereocenters. The van der Waals surface area contributed by atoms with E-state index in [0.29, 0.717) is 0 Å². The topological polar surface area (TPSA) is 66.6 Å². The molecule has 6 heteroatoms. The van der Waals surface area contributed by atoms with Gasteiger partial charge in [0.05, 0.1) is 39.9 Å². The smallest absolute Gasteiger partial charge is 0.119 e. The van der Waals surface area contributed by atoms with E-state index in [1.54, 1.807) is 7.11 Å². The number of rotatable bonds is 4. The molecule has 8 bridgehead atoms. The fourth-order valence-electron chi connectivity index (χ4n) is 6.07. The number of hydrogen-bond acceptors (Lipinski definition) is 3. The van der Waals surface area contributed by atoms with Crippen LogP contribution in [0.3, 0.4) is 0 Å². The molecule has 5 heterocycles. The van der Waals surface area contributed by atoms with E-state index in [9.17, 15) is 0 Å². The molecule has 0 radical (unpaired) electrons. The van der Waals surface area contributed by atoms with Gasteiger partial charge >= 0.3 is 0 Å². The van der Waals surface area contributed by atoms with Crippen LogP contribution in [-0.4, -0.2) is 27.0 Å². The number of benzene rings is 3. The van der Waals surface area contributed by atoms with Gasteiger partial charge in [-0.1, -0.05) is 72.8 Å². The van der Waals surface area contributed by atoms with E-state index in [0.717, 1.165) is 88.4 Å². The molecule has 0 fully saturated rings. The third-order valence-corrected chi connectivity index (χ3v) is 9.01. The van der Waals surface area contributed by atoms with Crippen LogP contribution in [0.1, 0.15) is 22.8 Å². The lowest BCUT2D eigenvalue weighted by Gasteiger charge is -2.07. The summed E-state index contributed by atoms with van der Waals surface area (Å²) in [7, 11) is 1.69. The maximum atomic E-state index is 5.63. The second-order valence-electron chi connectivity index (χ2n) is 10.9. The second-order valence-corrected chi connectivity index (χ2v) is 11.7. The molecule has 6 aromatic rings. The lowest BCUT2D eigenvalue weighted by molar-refractivity contribution is 0.415. The maximum Gasteiger partial charge on any atom is 0.119 e. The molecular formula is C39H27BrN4O. The standard InChI is InChI=1S/C39H27BrN4O/c1-45-27-14-8-13-26(23-27)38-32-17-15-28(41-32)36(24-9-4-2-5-10-24)30-19-21-34(43-30)39(40)35-22-20-31(44-35)37(25-11-6-3-7-12-25)29-16-18-33(38)42-29/h2-23,41,44H,1H3. The fraction of sp³-hybridized carbons (Fsp3) is 0.0256. The number of halogens is 1. The lowest BCUT2D eigenvalue weighted by Crippen LogP contribution is -1.89. The van der Waals surface area contributed by atoms with Crippen molar-refractivity contribution < 1.29 is 4.74 Å². The molecule has 3 aromatic carbocycles. The van der Waals surface area contributed by atoms with Crippen LogP contribution in [0.25, 0.3) is 79.8 Å². The van der Waals surface area contributed by atoms with Crippen molar-refractivity contribution in [2.45, 2.75) is 0 Å². The van der Waals surface area contributed by atoms with Gasteiger partial charge in [-0.2, -0.15) is 0 Å². The van der Waals surface area contributed by atoms with Crippen molar-refractivity contribution >= 4 is 62.3 Å². The fourth-order valence-corrected chi connectivity index (χ4v) is 6.52. The number of fused-ring (bicyclic) bond motifs is 8. The molecule has 2 aliphatic rings. The van der Waals surface area contributed by atoms with Crippen LogP contribution in [0.5, 0.6) is 5.75 Å². The zero-order valence-corrected chi connectivity index (χ0v) is 26.0. The largest absolute Gasteiger partial charge is 0.497 e. The summed E-state index contributed by atoms with van der Waals surface area (Å²) in [6.45, 7) is 0. The third kappa shape index (κ3) is 4.89. The third-order valence-electron chi connectivity index (χ3n) is 8.17. The first kappa shape index (κ1) is 27.1. The monoisotopic (exact) mass is 646 g/mol. The Morgan fingerprint density at radius 1 is 0.489 bits per heavy atom. The number of nitrogens with one attached hydrogen (secondary N) is 2. The summed E-state index contributed by atoms with van der Waals surface area (Å²) in [5.74, 6) is 0.785. The molecule has 45 heavy (non-hydrogen) atoms. The van der Waals surface area contributed by atoms with Crippen molar-refractivity contribution in [3.05, 3.63) is 136 Å². The Labute approximate surface area is 268 Å². The van der Waals surface area contributed by atoms with Gasteiger partial charge in [-0.3, -0.25) is 0 Å². The van der Waals surface area contributed by atoms with Gasteiger partial charge in [-0.05, 0) is 93.3 Å².